The van der Waals surface area contributed by atoms with E-state index in [1.165, 1.54) is 0 Å². The minimum Gasteiger partial charge on any atom is -0.340 e. The van der Waals surface area contributed by atoms with E-state index in [-0.39, 0.29) is 6.04 Å². The Labute approximate surface area is 105 Å². The van der Waals surface area contributed by atoms with E-state index < -0.39 is 0 Å². The number of benzene rings is 1. The highest BCUT2D eigenvalue weighted by Crippen LogP contribution is 2.45. The first kappa shape index (κ1) is 9.67. The topological polar surface area (TPSA) is 54.2 Å². The minimum atomic E-state index is -0.109. The molecule has 1 atom stereocenters. The predicted molar refractivity (Wildman–Crippen MR) is 71.5 cm³/mol. The molecule has 4 nitrogen and oxygen atoms in total. The first-order valence-corrected chi connectivity index (χ1v) is 5.93. The van der Waals surface area contributed by atoms with E-state index >= 15 is 0 Å². The van der Waals surface area contributed by atoms with Crippen LogP contribution in [0.3, 0.4) is 0 Å². The molecule has 0 spiro atoms. The average molecular weight is 236 g/mol. The van der Waals surface area contributed by atoms with Crippen LogP contribution >= 0.6 is 0 Å². The van der Waals surface area contributed by atoms with Gasteiger partial charge in [0.25, 0.3) is 0 Å². The maximum Gasteiger partial charge on any atom is 0.143 e. The fourth-order valence-corrected chi connectivity index (χ4v) is 2.56. The first-order chi connectivity index (χ1) is 8.84. The second kappa shape index (κ2) is 3.34. The molecule has 2 aromatic rings. The summed E-state index contributed by atoms with van der Waals surface area (Å²) in [4.78, 5) is 6.60. The molecule has 0 radical (unpaired) electrons. The molecule has 1 aromatic carbocycles. The molecular weight excluding hydrogens is 224 g/mol. The summed E-state index contributed by atoms with van der Waals surface area (Å²) in [5, 5.41) is 3.37. The molecule has 0 amide bonds. The van der Waals surface area contributed by atoms with Crippen molar-refractivity contribution in [3.05, 3.63) is 60.1 Å². The zero-order valence-electron chi connectivity index (χ0n) is 9.67. The van der Waals surface area contributed by atoms with E-state index in [0.717, 1.165) is 28.6 Å². The molecular formula is C14H12N4. The third kappa shape index (κ3) is 1.15. The lowest BCUT2D eigenvalue weighted by Crippen LogP contribution is -2.26. The van der Waals surface area contributed by atoms with Crippen LogP contribution in [-0.2, 0) is 0 Å². The minimum absolute atomic E-state index is 0.109. The molecule has 1 unspecified atom stereocenters. The summed E-state index contributed by atoms with van der Waals surface area (Å²) in [5.74, 6) is 1.91. The van der Waals surface area contributed by atoms with Crippen LogP contribution in [0.4, 0.5) is 17.2 Å². The third-order valence-corrected chi connectivity index (χ3v) is 3.37. The molecule has 3 heterocycles. The van der Waals surface area contributed by atoms with E-state index in [9.17, 15) is 0 Å². The molecule has 0 bridgehead atoms. The van der Waals surface area contributed by atoms with Crippen molar-refractivity contribution < 1.29 is 0 Å². The number of nitrogens with one attached hydrogen (secondary N) is 1. The van der Waals surface area contributed by atoms with Crippen molar-refractivity contribution in [2.45, 2.75) is 6.04 Å². The number of fused-ring (bicyclic) bond motifs is 5. The zero-order valence-corrected chi connectivity index (χ0v) is 9.67. The Morgan fingerprint density at radius 2 is 2.06 bits per heavy atom. The van der Waals surface area contributed by atoms with E-state index in [2.05, 4.69) is 27.3 Å². The predicted octanol–water partition coefficient (Wildman–Crippen LogP) is 2.50. The van der Waals surface area contributed by atoms with Crippen molar-refractivity contribution in [2.75, 3.05) is 10.2 Å². The standard InChI is InChI=1S/C14H12N4/c15-10-8-13-17-11-5-1-2-6-12(11)18(13)14-9(10)4-3-7-16-14/h1-8,10,17H,15H2. The third-order valence-electron chi connectivity index (χ3n) is 3.37. The van der Waals surface area contributed by atoms with Gasteiger partial charge < -0.3 is 11.1 Å². The number of nitrogens with zero attached hydrogens (tertiary/aromatic N) is 2. The SMILES string of the molecule is NC1C=C2Nc3ccccc3N2c2ncccc21. The van der Waals surface area contributed by atoms with Crippen molar-refractivity contribution in [1.82, 2.24) is 4.98 Å². The zero-order chi connectivity index (χ0) is 12.1. The van der Waals surface area contributed by atoms with Crippen LogP contribution in [0.15, 0.2) is 54.5 Å². The van der Waals surface area contributed by atoms with Gasteiger partial charge in [0.1, 0.15) is 11.6 Å². The van der Waals surface area contributed by atoms with Crippen LogP contribution in [0.25, 0.3) is 0 Å². The van der Waals surface area contributed by atoms with E-state index in [0.29, 0.717) is 0 Å². The van der Waals surface area contributed by atoms with E-state index in [4.69, 9.17) is 5.73 Å². The van der Waals surface area contributed by atoms with Crippen LogP contribution in [0.2, 0.25) is 0 Å². The van der Waals surface area contributed by atoms with Crippen molar-refractivity contribution in [3.8, 4) is 0 Å². The second-order valence-electron chi connectivity index (χ2n) is 4.47. The Hall–Kier alpha value is -2.33. The van der Waals surface area contributed by atoms with Crippen LogP contribution in [-0.4, -0.2) is 4.98 Å². The van der Waals surface area contributed by atoms with Gasteiger partial charge in [0.2, 0.25) is 0 Å². The Bertz CT molecular complexity index is 662. The van der Waals surface area contributed by atoms with Gasteiger partial charge in [0.15, 0.2) is 0 Å². The van der Waals surface area contributed by atoms with Gasteiger partial charge in [0.05, 0.1) is 17.4 Å². The highest BCUT2D eigenvalue weighted by molar-refractivity contribution is 5.88. The number of rotatable bonds is 0. The quantitative estimate of drug-likeness (QED) is 0.738. The van der Waals surface area contributed by atoms with E-state index in [1.807, 2.05) is 30.3 Å². The highest BCUT2D eigenvalue weighted by Gasteiger charge is 2.32. The van der Waals surface area contributed by atoms with Crippen LogP contribution in [0.1, 0.15) is 11.6 Å². The molecule has 4 rings (SSSR count). The Morgan fingerprint density at radius 3 is 3.00 bits per heavy atom. The molecule has 4 heteroatoms. The molecule has 1 aromatic heterocycles. The molecule has 2 aliphatic heterocycles. The fraction of sp³-hybridized carbons (Fsp3) is 0.0714. The van der Waals surface area contributed by atoms with E-state index in [1.54, 1.807) is 6.20 Å². The molecule has 0 saturated carbocycles. The van der Waals surface area contributed by atoms with Crippen molar-refractivity contribution in [1.29, 1.82) is 0 Å². The number of aromatic nitrogens is 1. The van der Waals surface area contributed by atoms with Gasteiger partial charge in [-0.3, -0.25) is 4.90 Å². The average Bonchev–Trinajstić information content (AvgIpc) is 2.77. The van der Waals surface area contributed by atoms with Crippen LogP contribution in [0.5, 0.6) is 0 Å². The number of nitrogens with two attached hydrogens (primary N) is 1. The highest BCUT2D eigenvalue weighted by atomic mass is 15.3. The van der Waals surface area contributed by atoms with Gasteiger partial charge in [0, 0.05) is 11.8 Å². The normalized spacial score (nSPS) is 19.5. The summed E-state index contributed by atoms with van der Waals surface area (Å²) >= 11 is 0. The monoisotopic (exact) mass is 236 g/mol. The lowest BCUT2D eigenvalue weighted by atomic mass is 10.0. The number of para-hydroxylation sites is 2. The lowest BCUT2D eigenvalue weighted by Gasteiger charge is -2.28. The van der Waals surface area contributed by atoms with Gasteiger partial charge in [-0.2, -0.15) is 0 Å². The molecule has 0 aliphatic carbocycles. The maximum absolute atomic E-state index is 6.15. The summed E-state index contributed by atoms with van der Waals surface area (Å²) < 4.78 is 0. The maximum atomic E-state index is 6.15. The number of hydrogen-bond donors (Lipinski definition) is 2. The first-order valence-electron chi connectivity index (χ1n) is 5.93. The van der Waals surface area contributed by atoms with Crippen LogP contribution in [0, 0.1) is 0 Å². The summed E-state index contributed by atoms with van der Waals surface area (Å²) in [7, 11) is 0. The molecule has 18 heavy (non-hydrogen) atoms. The van der Waals surface area contributed by atoms with Gasteiger partial charge >= 0.3 is 0 Å². The van der Waals surface area contributed by atoms with Gasteiger partial charge in [-0.15, -0.1) is 0 Å². The number of anilines is 3. The van der Waals surface area contributed by atoms with Crippen molar-refractivity contribution in [3.63, 3.8) is 0 Å². The van der Waals surface area contributed by atoms with Gasteiger partial charge in [-0.05, 0) is 24.3 Å². The Balaban J connectivity index is 1.98. The van der Waals surface area contributed by atoms with Crippen LogP contribution < -0.4 is 16.0 Å². The lowest BCUT2D eigenvalue weighted by molar-refractivity contribution is 0.855. The Morgan fingerprint density at radius 1 is 1.17 bits per heavy atom. The van der Waals surface area contributed by atoms with Crippen molar-refractivity contribution in [2.24, 2.45) is 5.73 Å². The fourth-order valence-electron chi connectivity index (χ4n) is 2.56. The smallest absolute Gasteiger partial charge is 0.143 e. The van der Waals surface area contributed by atoms with Gasteiger partial charge in [-0.1, -0.05) is 18.2 Å². The molecule has 88 valence electrons. The Kier molecular flexibility index (Phi) is 1.79. The summed E-state index contributed by atoms with van der Waals surface area (Å²) in [6, 6.07) is 12.0. The molecule has 2 aliphatic rings. The summed E-state index contributed by atoms with van der Waals surface area (Å²) in [6.45, 7) is 0. The summed E-state index contributed by atoms with van der Waals surface area (Å²) in [6.07, 6.45) is 3.83. The molecule has 0 saturated heterocycles. The number of hydrogen-bond acceptors (Lipinski definition) is 4. The summed E-state index contributed by atoms with van der Waals surface area (Å²) in [5.41, 5.74) is 9.42. The number of pyridine rings is 1. The molecule has 0 fully saturated rings. The molecule has 3 N–H and O–H groups in total. The second-order valence-corrected chi connectivity index (χ2v) is 4.47. The largest absolute Gasteiger partial charge is 0.340 e. The van der Waals surface area contributed by atoms with Crippen molar-refractivity contribution >= 4 is 17.2 Å². The van der Waals surface area contributed by atoms with Gasteiger partial charge in [-0.25, -0.2) is 4.98 Å².